The van der Waals surface area contributed by atoms with Gasteiger partial charge in [0.15, 0.2) is 0 Å². The Labute approximate surface area is 132 Å². The molecule has 0 amide bonds. The van der Waals surface area contributed by atoms with E-state index in [1.165, 1.54) is 12.8 Å². The fourth-order valence-electron chi connectivity index (χ4n) is 1.43. The number of nitrogens with one attached hydrogen (secondary N) is 2. The average molecular weight is 509 g/mol. The summed E-state index contributed by atoms with van der Waals surface area (Å²) >= 11 is 0. The van der Waals surface area contributed by atoms with Gasteiger partial charge in [-0.3, -0.25) is 4.57 Å². The van der Waals surface area contributed by atoms with E-state index in [0.717, 1.165) is 12.8 Å². The van der Waals surface area contributed by atoms with Gasteiger partial charge in [-0.15, -0.1) is 6.29 Å². The van der Waals surface area contributed by atoms with E-state index in [2.05, 4.69) is 5.32 Å². The molecule has 1 rings (SSSR count). The van der Waals surface area contributed by atoms with Gasteiger partial charge in [-0.05, 0) is 6.29 Å². The Balaban J connectivity index is 0. The minimum atomic E-state index is -4.76. The summed E-state index contributed by atoms with van der Waals surface area (Å²) in [6.07, 6.45) is 2.25. The molecule has 1 aliphatic carbocycles. The maximum atomic E-state index is 10.0. The minimum absolute atomic E-state index is 0. The Morgan fingerprint density at radius 2 is 1.45 bits per heavy atom. The summed E-state index contributed by atoms with van der Waals surface area (Å²) in [4.78, 5) is 36.0. The van der Waals surface area contributed by atoms with Crippen LogP contribution in [0.2, 0.25) is 0 Å². The average Bonchev–Trinajstić information content (AvgIpc) is 2.19. The molecule has 3 unspecified atom stereocenters. The van der Waals surface area contributed by atoms with Crippen molar-refractivity contribution in [3.8, 4) is 0 Å². The predicted molar refractivity (Wildman–Crippen MR) is 66.6 cm³/mol. The van der Waals surface area contributed by atoms with E-state index >= 15 is 0 Å². The van der Waals surface area contributed by atoms with Crippen molar-refractivity contribution in [3.05, 3.63) is 16.8 Å². The smallest absolute Gasteiger partial charge is 0.812 e. The van der Waals surface area contributed by atoms with E-state index in [0.29, 0.717) is 0 Å². The van der Waals surface area contributed by atoms with Crippen LogP contribution in [0.15, 0.2) is 0 Å². The largest absolute Gasteiger partial charge is 2.00 e. The van der Waals surface area contributed by atoms with Crippen molar-refractivity contribution in [1.82, 2.24) is 0 Å². The Kier molecular flexibility index (Phi) is 12.2. The summed E-state index contributed by atoms with van der Waals surface area (Å²) in [7, 11) is -9.08. The van der Waals surface area contributed by atoms with Crippen molar-refractivity contribution < 1.29 is 49.8 Å². The first kappa shape index (κ1) is 23.1. The Morgan fingerprint density at radius 3 is 1.70 bits per heavy atom. The van der Waals surface area contributed by atoms with Crippen LogP contribution in [0, 0.1) is 0 Å². The van der Waals surface area contributed by atoms with Gasteiger partial charge in [0.2, 0.25) is 0 Å². The molecule has 1 aliphatic rings. The molecule has 4 N–H and O–H groups in total. The molecule has 0 aromatic heterocycles. The monoisotopic (exact) mass is 509 g/mol. The van der Waals surface area contributed by atoms with Crippen molar-refractivity contribution in [2.45, 2.75) is 37.8 Å². The van der Waals surface area contributed by atoms with Gasteiger partial charge in [0.05, 0.1) is 0 Å². The molecule has 1 fully saturated rings. The third-order valence-electron chi connectivity index (χ3n) is 2.33. The minimum Gasteiger partial charge on any atom is -0.812 e. The summed E-state index contributed by atoms with van der Waals surface area (Å²) in [6.45, 7) is 0. The molecule has 124 valence electrons. The van der Waals surface area contributed by atoms with Crippen LogP contribution >= 0.6 is 15.2 Å². The zero-order valence-electron chi connectivity index (χ0n) is 10.6. The molecule has 12 heteroatoms. The van der Waals surface area contributed by atoms with Crippen molar-refractivity contribution in [2.75, 3.05) is 12.6 Å². The van der Waals surface area contributed by atoms with Gasteiger partial charge >= 0.3 is 21.1 Å². The van der Waals surface area contributed by atoms with Gasteiger partial charge in [0.25, 0.3) is 7.60 Å². The Morgan fingerprint density at radius 1 is 1.05 bits per heavy atom. The molecular weight excluding hydrogens is 491 g/mol. The standard InChI is InChI=1S/C6H12N2.C2H8NO6P2.Pt/c7-5-3-1-2-4-6(5)8;4-10(5,6)1-3-2-11(7,8)9;/h5-8H,1-4H2;1-2H2,(H2,4,5,6)(H2,7,8,9);/q-2;-1;+2/p-2. The number of hydrogen-bond donors (Lipinski definition) is 0. The Hall–Kier alpha value is 0.868. The molecule has 0 radical (unpaired) electrons. The second-order valence-electron chi connectivity index (χ2n) is 4.29. The maximum Gasteiger partial charge on any atom is 2.00 e. The van der Waals surface area contributed by atoms with Crippen LogP contribution < -0.4 is 14.7 Å². The van der Waals surface area contributed by atoms with Crippen LogP contribution in [0.3, 0.4) is 0 Å². The first-order valence-electron chi connectivity index (χ1n) is 5.63. The molecule has 0 spiro atoms. The number of hydrogen-bond acceptors (Lipinski definition) is 5. The van der Waals surface area contributed by atoms with Crippen molar-refractivity contribution in [3.63, 3.8) is 0 Å². The van der Waals surface area contributed by atoms with E-state index < -0.39 is 27.8 Å². The van der Waals surface area contributed by atoms with Gasteiger partial charge in [0, 0.05) is 0 Å². The second-order valence-corrected chi connectivity index (χ2v) is 7.42. The molecule has 9 nitrogen and oxygen atoms in total. The number of nitrogens with zero attached hydrogens (tertiary/aromatic N) is 1. The van der Waals surface area contributed by atoms with E-state index in [1.807, 2.05) is 0 Å². The first-order chi connectivity index (χ1) is 8.51. The van der Waals surface area contributed by atoms with Crippen molar-refractivity contribution in [2.24, 2.45) is 0 Å². The quantitative estimate of drug-likeness (QED) is 0.376. The summed E-state index contributed by atoms with van der Waals surface area (Å²) in [5.74, 6) is 0. The van der Waals surface area contributed by atoms with E-state index in [4.69, 9.17) is 16.4 Å². The van der Waals surface area contributed by atoms with Crippen LogP contribution in [-0.2, 0) is 30.2 Å². The molecule has 1 saturated carbocycles. The SMILES string of the molecule is O=P([O-])([O-])C[N-]CP(=O)([O-])[OH2+].[NH-]C1CCCCC1[NH-].[Pt+2]. The van der Waals surface area contributed by atoms with Crippen molar-refractivity contribution >= 4 is 15.2 Å². The van der Waals surface area contributed by atoms with Crippen LogP contribution in [0.25, 0.3) is 16.8 Å². The normalized spacial score (nSPS) is 25.7. The molecule has 0 saturated heterocycles. The molecular formula is C8H18N3O6P2Pt-3. The fourth-order valence-corrected chi connectivity index (χ4v) is 2.30. The molecule has 0 aromatic rings. The Bertz CT molecular complexity index is 317. The van der Waals surface area contributed by atoms with Gasteiger partial charge in [-0.25, -0.2) is 0 Å². The molecule has 0 aromatic carbocycles. The van der Waals surface area contributed by atoms with Gasteiger partial charge in [-0.2, -0.15) is 12.1 Å². The zero-order chi connectivity index (χ0) is 15.1. The first-order valence-corrected chi connectivity index (χ1v) is 9.17. The summed E-state index contributed by atoms with van der Waals surface area (Å²) in [6, 6.07) is -0.160. The molecule has 0 heterocycles. The summed E-state index contributed by atoms with van der Waals surface area (Å²) < 4.78 is 19.9. The zero-order valence-corrected chi connectivity index (χ0v) is 14.7. The molecule has 0 aliphatic heterocycles. The van der Waals surface area contributed by atoms with E-state index in [-0.39, 0.29) is 33.1 Å². The van der Waals surface area contributed by atoms with Crippen LogP contribution in [0.1, 0.15) is 25.7 Å². The van der Waals surface area contributed by atoms with E-state index in [1.54, 1.807) is 0 Å². The predicted octanol–water partition coefficient (Wildman–Crippen LogP) is -0.134. The third kappa shape index (κ3) is 15.3. The van der Waals surface area contributed by atoms with Crippen LogP contribution in [0.5, 0.6) is 0 Å². The maximum absolute atomic E-state index is 10.0. The second kappa shape index (κ2) is 10.6. The van der Waals surface area contributed by atoms with Crippen LogP contribution in [-0.4, -0.2) is 29.5 Å². The van der Waals surface area contributed by atoms with Gasteiger partial charge < -0.3 is 40.9 Å². The van der Waals surface area contributed by atoms with Crippen molar-refractivity contribution in [1.29, 1.82) is 0 Å². The van der Waals surface area contributed by atoms with Gasteiger partial charge in [-0.1, -0.05) is 33.3 Å². The topological polar surface area (TPSA) is 188 Å². The third-order valence-corrected chi connectivity index (χ3v) is 3.44. The molecule has 0 bridgehead atoms. The molecule has 20 heavy (non-hydrogen) atoms. The van der Waals surface area contributed by atoms with Crippen LogP contribution in [0.4, 0.5) is 0 Å². The summed E-state index contributed by atoms with van der Waals surface area (Å²) in [5, 5.41) is 2.86. The van der Waals surface area contributed by atoms with E-state index in [9.17, 15) is 23.8 Å². The van der Waals surface area contributed by atoms with Gasteiger partial charge in [0.1, 0.15) is 0 Å². The molecule has 3 atom stereocenters. The number of rotatable bonds is 4. The fraction of sp³-hybridized carbons (Fsp3) is 1.00. The summed E-state index contributed by atoms with van der Waals surface area (Å²) in [5.41, 5.74) is 14.6.